The minimum absolute atomic E-state index is 0.406. The van der Waals surface area contributed by atoms with Crippen molar-refractivity contribution in [2.45, 2.75) is 24.7 Å². The van der Waals surface area contributed by atoms with Crippen LogP contribution in [0.15, 0.2) is 35.2 Å². The van der Waals surface area contributed by atoms with Crippen molar-refractivity contribution in [3.8, 4) is 0 Å². The van der Waals surface area contributed by atoms with Crippen LogP contribution in [0.1, 0.15) is 18.9 Å². The van der Waals surface area contributed by atoms with Crippen molar-refractivity contribution in [3.63, 3.8) is 0 Å². The molecule has 1 aliphatic heterocycles. The van der Waals surface area contributed by atoms with Crippen LogP contribution in [0.5, 0.6) is 0 Å². The summed E-state index contributed by atoms with van der Waals surface area (Å²) < 4.78 is 26.4. The second-order valence-corrected chi connectivity index (χ2v) is 5.96. The summed E-state index contributed by atoms with van der Waals surface area (Å²) in [4.78, 5) is 0.406. The van der Waals surface area contributed by atoms with Gasteiger partial charge < -0.3 is 0 Å². The van der Waals surface area contributed by atoms with Crippen LogP contribution in [0, 0.1) is 0 Å². The highest BCUT2D eigenvalue weighted by Gasteiger charge is 2.27. The zero-order valence-electron chi connectivity index (χ0n) is 9.53. The highest BCUT2D eigenvalue weighted by molar-refractivity contribution is 7.93. The second-order valence-electron chi connectivity index (χ2n) is 4.31. The molecule has 1 N–H and O–H groups in total. The van der Waals surface area contributed by atoms with Gasteiger partial charge in [0.25, 0.3) is 10.0 Å². The van der Waals surface area contributed by atoms with Gasteiger partial charge in [0.2, 0.25) is 0 Å². The van der Waals surface area contributed by atoms with Crippen molar-refractivity contribution < 1.29 is 8.42 Å². The van der Waals surface area contributed by atoms with Gasteiger partial charge in [-0.2, -0.15) is 0 Å². The van der Waals surface area contributed by atoms with E-state index in [0.717, 1.165) is 23.6 Å². The first-order chi connectivity index (χ1) is 8.13. The Hall–Kier alpha value is -1.55. The molecule has 0 unspecified atom stereocenters. The molecule has 0 atom stereocenters. The molecule has 0 spiro atoms. The van der Waals surface area contributed by atoms with Gasteiger partial charge in [0, 0.05) is 5.39 Å². The highest BCUT2D eigenvalue weighted by atomic mass is 32.2. The zero-order chi connectivity index (χ0) is 12.0. The quantitative estimate of drug-likeness (QED) is 0.887. The monoisotopic (exact) mass is 247 g/mol. The Kier molecular flexibility index (Phi) is 2.16. The molecule has 3 rings (SSSR count). The van der Waals surface area contributed by atoms with Crippen LogP contribution >= 0.6 is 0 Å². The van der Waals surface area contributed by atoms with Crippen LogP contribution in [-0.4, -0.2) is 8.42 Å². The van der Waals surface area contributed by atoms with Gasteiger partial charge in [0.15, 0.2) is 0 Å². The molecule has 17 heavy (non-hydrogen) atoms. The summed E-state index contributed by atoms with van der Waals surface area (Å²) in [6.45, 7) is 2.12. The molecular formula is C13H13NO2S. The van der Waals surface area contributed by atoms with Gasteiger partial charge in [-0.3, -0.25) is 4.72 Å². The Morgan fingerprint density at radius 2 is 2.00 bits per heavy atom. The Morgan fingerprint density at radius 1 is 1.18 bits per heavy atom. The topological polar surface area (TPSA) is 46.2 Å². The number of benzene rings is 2. The number of aryl methyl sites for hydroxylation is 1. The molecular weight excluding hydrogens is 234 g/mol. The lowest BCUT2D eigenvalue weighted by atomic mass is 10.0. The maximum atomic E-state index is 11.9. The lowest BCUT2D eigenvalue weighted by molar-refractivity contribution is 0.603. The number of rotatable bonds is 2. The lowest BCUT2D eigenvalue weighted by Gasteiger charge is -2.05. The summed E-state index contributed by atoms with van der Waals surface area (Å²) in [5, 5.41) is 1.90. The summed E-state index contributed by atoms with van der Waals surface area (Å²) in [7, 11) is -3.34. The molecule has 0 bridgehead atoms. The van der Waals surface area contributed by atoms with E-state index in [0.29, 0.717) is 10.6 Å². The van der Waals surface area contributed by atoms with E-state index in [-0.39, 0.29) is 0 Å². The smallest absolute Gasteiger partial charge is 0.262 e. The van der Waals surface area contributed by atoms with E-state index in [1.54, 1.807) is 6.07 Å². The normalized spacial score (nSPS) is 16.1. The van der Waals surface area contributed by atoms with E-state index >= 15 is 0 Å². The van der Waals surface area contributed by atoms with E-state index in [1.807, 2.05) is 24.3 Å². The van der Waals surface area contributed by atoms with Crippen LogP contribution in [0.3, 0.4) is 0 Å². The molecule has 1 aliphatic rings. The zero-order valence-corrected chi connectivity index (χ0v) is 10.3. The summed E-state index contributed by atoms with van der Waals surface area (Å²) in [5.74, 6) is 0. The minimum atomic E-state index is -3.34. The predicted molar refractivity (Wildman–Crippen MR) is 68.8 cm³/mol. The van der Waals surface area contributed by atoms with Crippen LogP contribution < -0.4 is 4.72 Å². The Morgan fingerprint density at radius 3 is 2.76 bits per heavy atom. The fourth-order valence-electron chi connectivity index (χ4n) is 2.43. The predicted octanol–water partition coefficient (Wildman–Crippen LogP) is 2.91. The Bertz CT molecular complexity index is 705. The first kappa shape index (κ1) is 10.6. The third-order valence-electron chi connectivity index (χ3n) is 3.15. The fourth-order valence-corrected chi connectivity index (χ4v) is 3.74. The highest BCUT2D eigenvalue weighted by Crippen LogP contribution is 2.38. The number of anilines is 1. The van der Waals surface area contributed by atoms with Crippen molar-refractivity contribution in [1.29, 1.82) is 0 Å². The fraction of sp³-hybridized carbons (Fsp3) is 0.231. The van der Waals surface area contributed by atoms with Crippen molar-refractivity contribution in [1.82, 2.24) is 0 Å². The molecule has 0 aliphatic carbocycles. The van der Waals surface area contributed by atoms with E-state index in [1.165, 1.54) is 5.56 Å². The van der Waals surface area contributed by atoms with Gasteiger partial charge in [0.1, 0.15) is 0 Å². The summed E-state index contributed by atoms with van der Waals surface area (Å²) in [5.41, 5.74) is 1.92. The third-order valence-corrected chi connectivity index (χ3v) is 4.55. The van der Waals surface area contributed by atoms with Gasteiger partial charge in [-0.05, 0) is 29.5 Å². The van der Waals surface area contributed by atoms with Gasteiger partial charge in [-0.15, -0.1) is 0 Å². The van der Waals surface area contributed by atoms with Crippen molar-refractivity contribution in [2.75, 3.05) is 4.72 Å². The average molecular weight is 247 g/mol. The number of hydrogen-bond donors (Lipinski definition) is 1. The van der Waals surface area contributed by atoms with Crippen LogP contribution in [0.2, 0.25) is 0 Å². The maximum Gasteiger partial charge on any atom is 0.262 e. The Labute approximate surface area is 101 Å². The third kappa shape index (κ3) is 1.44. The largest absolute Gasteiger partial charge is 0.279 e. The molecule has 0 saturated heterocycles. The number of sulfonamides is 1. The van der Waals surface area contributed by atoms with Gasteiger partial charge in [-0.25, -0.2) is 8.42 Å². The lowest BCUT2D eigenvalue weighted by Crippen LogP contribution is -2.05. The van der Waals surface area contributed by atoms with E-state index < -0.39 is 10.0 Å². The van der Waals surface area contributed by atoms with Crippen molar-refractivity contribution in [3.05, 3.63) is 35.9 Å². The van der Waals surface area contributed by atoms with E-state index in [4.69, 9.17) is 0 Å². The van der Waals surface area contributed by atoms with Crippen LogP contribution in [0.4, 0.5) is 5.69 Å². The molecule has 0 amide bonds. The molecule has 1 heterocycles. The first-order valence-electron chi connectivity index (χ1n) is 5.71. The maximum absolute atomic E-state index is 11.9. The van der Waals surface area contributed by atoms with Gasteiger partial charge >= 0.3 is 0 Å². The molecule has 88 valence electrons. The van der Waals surface area contributed by atoms with Gasteiger partial charge in [-0.1, -0.05) is 31.5 Å². The number of hydrogen-bond acceptors (Lipinski definition) is 2. The van der Waals surface area contributed by atoms with E-state index in [2.05, 4.69) is 11.6 Å². The summed E-state index contributed by atoms with van der Waals surface area (Å²) in [6, 6.07) is 9.35. The molecule has 4 heteroatoms. The molecule has 0 radical (unpaired) electrons. The SMILES string of the molecule is CCCc1ccc2c3c(cccc13)NS2(=O)=O. The van der Waals surface area contributed by atoms with Crippen molar-refractivity contribution >= 4 is 26.5 Å². The standard InChI is InChI=1S/C13H13NO2S/c1-2-4-9-7-8-12-13-10(9)5-3-6-11(13)14-17(12,15)16/h3,5-8,14H,2,4H2,1H3. The van der Waals surface area contributed by atoms with E-state index in [9.17, 15) is 8.42 Å². The minimum Gasteiger partial charge on any atom is -0.279 e. The van der Waals surface area contributed by atoms with Gasteiger partial charge in [0.05, 0.1) is 10.6 Å². The van der Waals surface area contributed by atoms with Crippen LogP contribution in [-0.2, 0) is 16.4 Å². The molecule has 3 nitrogen and oxygen atoms in total. The second kappa shape index (κ2) is 3.47. The molecule has 0 fully saturated rings. The summed E-state index contributed by atoms with van der Waals surface area (Å²) >= 11 is 0. The van der Waals surface area contributed by atoms with Crippen molar-refractivity contribution in [2.24, 2.45) is 0 Å². The summed E-state index contributed by atoms with van der Waals surface area (Å²) in [6.07, 6.45) is 2.03. The molecule has 2 aromatic carbocycles. The molecule has 0 saturated carbocycles. The molecule has 0 aromatic heterocycles. The van der Waals surface area contributed by atoms with Crippen LogP contribution in [0.25, 0.3) is 10.8 Å². The Balaban J connectivity index is 2.42. The number of nitrogens with one attached hydrogen (secondary N) is 1. The molecule has 2 aromatic rings. The average Bonchev–Trinajstić information content (AvgIpc) is 2.55. The first-order valence-corrected chi connectivity index (χ1v) is 7.19.